The summed E-state index contributed by atoms with van der Waals surface area (Å²) in [5.41, 5.74) is 1.12. The zero-order chi connectivity index (χ0) is 10.5. The lowest BCUT2D eigenvalue weighted by Crippen LogP contribution is -1.99. The molecule has 2 aromatic rings. The number of thiazole rings is 1. The van der Waals surface area contributed by atoms with E-state index >= 15 is 0 Å². The smallest absolute Gasteiger partial charge is 0.137 e. The van der Waals surface area contributed by atoms with Gasteiger partial charge in [-0.15, -0.1) is 11.3 Å². The number of nitrogens with zero attached hydrogens (tertiary/aromatic N) is 2. The molecule has 4 heteroatoms. The molecule has 0 spiro atoms. The highest BCUT2D eigenvalue weighted by Gasteiger charge is 2.02. The summed E-state index contributed by atoms with van der Waals surface area (Å²) in [6.45, 7) is 3.11. The second kappa shape index (κ2) is 4.89. The van der Waals surface area contributed by atoms with Gasteiger partial charge >= 0.3 is 0 Å². The molecule has 0 saturated carbocycles. The van der Waals surface area contributed by atoms with E-state index in [4.69, 9.17) is 0 Å². The summed E-state index contributed by atoms with van der Waals surface area (Å²) in [6.07, 6.45) is 4.69. The van der Waals surface area contributed by atoms with Gasteiger partial charge in [-0.1, -0.05) is 6.92 Å². The van der Waals surface area contributed by atoms with Crippen LogP contribution >= 0.6 is 11.3 Å². The van der Waals surface area contributed by atoms with E-state index in [0.29, 0.717) is 0 Å². The molecular formula is C11H13N3S. The Labute approximate surface area is 93.2 Å². The summed E-state index contributed by atoms with van der Waals surface area (Å²) in [6, 6.07) is 3.95. The van der Waals surface area contributed by atoms with Crippen LogP contribution in [0.15, 0.2) is 29.9 Å². The van der Waals surface area contributed by atoms with Crippen molar-refractivity contribution in [2.75, 3.05) is 11.9 Å². The summed E-state index contributed by atoms with van der Waals surface area (Å²) in [5.74, 6) is 0.966. The van der Waals surface area contributed by atoms with Crippen LogP contribution in [0.1, 0.15) is 13.3 Å². The molecule has 0 aliphatic rings. The van der Waals surface area contributed by atoms with Gasteiger partial charge in [0.15, 0.2) is 0 Å². The lowest BCUT2D eigenvalue weighted by Gasteiger charge is -1.98. The zero-order valence-electron chi connectivity index (χ0n) is 8.60. The van der Waals surface area contributed by atoms with Crippen molar-refractivity contribution in [1.29, 1.82) is 0 Å². The molecule has 0 radical (unpaired) electrons. The largest absolute Gasteiger partial charge is 0.369 e. The minimum Gasteiger partial charge on any atom is -0.369 e. The summed E-state index contributed by atoms with van der Waals surface area (Å²) in [4.78, 5) is 8.49. The molecule has 2 heterocycles. The van der Waals surface area contributed by atoms with Crippen molar-refractivity contribution in [2.24, 2.45) is 0 Å². The molecular weight excluding hydrogens is 206 g/mol. The van der Waals surface area contributed by atoms with Gasteiger partial charge in [0.25, 0.3) is 0 Å². The predicted octanol–water partition coefficient (Wildman–Crippen LogP) is 3.03. The first-order valence-electron chi connectivity index (χ1n) is 5.00. The third-order valence-electron chi connectivity index (χ3n) is 1.99. The molecule has 0 aromatic carbocycles. The molecule has 2 aromatic heterocycles. The van der Waals surface area contributed by atoms with Gasteiger partial charge in [0, 0.05) is 29.9 Å². The normalized spacial score (nSPS) is 10.2. The van der Waals surface area contributed by atoms with Crippen molar-refractivity contribution in [2.45, 2.75) is 13.3 Å². The van der Waals surface area contributed by atoms with Gasteiger partial charge in [-0.05, 0) is 18.6 Å². The summed E-state index contributed by atoms with van der Waals surface area (Å²) in [5, 5.41) is 6.35. The molecule has 2 rings (SSSR count). The van der Waals surface area contributed by atoms with E-state index in [9.17, 15) is 0 Å². The van der Waals surface area contributed by atoms with Gasteiger partial charge in [-0.3, -0.25) is 4.98 Å². The van der Waals surface area contributed by atoms with E-state index in [2.05, 4.69) is 22.2 Å². The molecule has 1 N–H and O–H groups in total. The number of rotatable bonds is 4. The van der Waals surface area contributed by atoms with E-state index in [1.54, 1.807) is 23.7 Å². The number of pyridine rings is 1. The summed E-state index contributed by atoms with van der Waals surface area (Å²) in [7, 11) is 0. The highest BCUT2D eigenvalue weighted by Crippen LogP contribution is 2.24. The van der Waals surface area contributed by atoms with Crippen molar-refractivity contribution in [3.8, 4) is 10.6 Å². The average molecular weight is 219 g/mol. The minimum atomic E-state index is 0.966. The van der Waals surface area contributed by atoms with Gasteiger partial charge in [0.2, 0.25) is 0 Å². The second-order valence-electron chi connectivity index (χ2n) is 3.20. The quantitative estimate of drug-likeness (QED) is 0.859. The van der Waals surface area contributed by atoms with E-state index in [-0.39, 0.29) is 0 Å². The van der Waals surface area contributed by atoms with Crippen LogP contribution in [0.5, 0.6) is 0 Å². The van der Waals surface area contributed by atoms with Gasteiger partial charge in [0.05, 0.1) is 0 Å². The number of aromatic nitrogens is 2. The van der Waals surface area contributed by atoms with E-state index < -0.39 is 0 Å². The molecule has 15 heavy (non-hydrogen) atoms. The standard InChI is InChI=1S/C11H13N3S/c1-2-5-13-10-8-15-11(14-10)9-3-6-12-7-4-9/h3-4,6-8,13H,2,5H2,1H3. The van der Waals surface area contributed by atoms with Crippen LogP contribution in [-0.4, -0.2) is 16.5 Å². The van der Waals surface area contributed by atoms with Gasteiger partial charge < -0.3 is 5.32 Å². The lowest BCUT2D eigenvalue weighted by atomic mass is 10.3. The fourth-order valence-corrected chi connectivity index (χ4v) is 2.02. The molecule has 78 valence electrons. The van der Waals surface area contributed by atoms with Crippen molar-refractivity contribution in [3.63, 3.8) is 0 Å². The molecule has 0 amide bonds. The van der Waals surface area contributed by atoms with Crippen molar-refractivity contribution in [3.05, 3.63) is 29.9 Å². The lowest BCUT2D eigenvalue weighted by molar-refractivity contribution is 0.973. The van der Waals surface area contributed by atoms with Crippen LogP contribution < -0.4 is 5.32 Å². The molecule has 3 nitrogen and oxygen atoms in total. The first-order chi connectivity index (χ1) is 7.40. The second-order valence-corrected chi connectivity index (χ2v) is 4.06. The molecule has 0 fully saturated rings. The Morgan fingerprint density at radius 3 is 2.87 bits per heavy atom. The molecule has 0 atom stereocenters. The Kier molecular flexibility index (Phi) is 3.29. The van der Waals surface area contributed by atoms with Crippen LogP contribution in [0, 0.1) is 0 Å². The van der Waals surface area contributed by atoms with Gasteiger partial charge in [-0.2, -0.15) is 0 Å². The van der Waals surface area contributed by atoms with Crippen LogP contribution in [0.2, 0.25) is 0 Å². The zero-order valence-corrected chi connectivity index (χ0v) is 9.42. The monoisotopic (exact) mass is 219 g/mol. The fraction of sp³-hybridized carbons (Fsp3) is 0.273. The van der Waals surface area contributed by atoms with Crippen LogP contribution in [0.3, 0.4) is 0 Å². The fourth-order valence-electron chi connectivity index (χ4n) is 1.24. The van der Waals surface area contributed by atoms with E-state index in [1.807, 2.05) is 17.5 Å². The van der Waals surface area contributed by atoms with Gasteiger partial charge in [-0.25, -0.2) is 4.98 Å². The van der Waals surface area contributed by atoms with Crippen LogP contribution in [0.4, 0.5) is 5.82 Å². The first kappa shape index (κ1) is 10.1. The molecule has 0 aliphatic heterocycles. The predicted molar refractivity (Wildman–Crippen MR) is 64.1 cm³/mol. The highest BCUT2D eigenvalue weighted by molar-refractivity contribution is 7.13. The van der Waals surface area contributed by atoms with E-state index in [0.717, 1.165) is 29.4 Å². The number of anilines is 1. The Hall–Kier alpha value is -1.42. The Morgan fingerprint density at radius 2 is 2.13 bits per heavy atom. The summed E-state index contributed by atoms with van der Waals surface area (Å²) < 4.78 is 0. The first-order valence-corrected chi connectivity index (χ1v) is 5.88. The van der Waals surface area contributed by atoms with Crippen molar-refractivity contribution < 1.29 is 0 Å². The third-order valence-corrected chi connectivity index (χ3v) is 2.88. The minimum absolute atomic E-state index is 0.966. The molecule has 0 saturated heterocycles. The van der Waals surface area contributed by atoms with Crippen molar-refractivity contribution >= 4 is 17.2 Å². The van der Waals surface area contributed by atoms with Gasteiger partial charge in [0.1, 0.15) is 10.8 Å². The Bertz CT molecular complexity index is 411. The molecule has 0 unspecified atom stereocenters. The maximum atomic E-state index is 4.50. The summed E-state index contributed by atoms with van der Waals surface area (Å²) >= 11 is 1.65. The van der Waals surface area contributed by atoms with Crippen LogP contribution in [0.25, 0.3) is 10.6 Å². The van der Waals surface area contributed by atoms with E-state index in [1.165, 1.54) is 0 Å². The van der Waals surface area contributed by atoms with Crippen molar-refractivity contribution in [1.82, 2.24) is 9.97 Å². The maximum absolute atomic E-state index is 4.50. The highest BCUT2D eigenvalue weighted by atomic mass is 32.1. The topological polar surface area (TPSA) is 37.8 Å². The average Bonchev–Trinajstić information content (AvgIpc) is 2.76. The SMILES string of the molecule is CCCNc1csc(-c2ccncc2)n1. The third kappa shape index (κ3) is 2.53. The number of nitrogens with one attached hydrogen (secondary N) is 1. The number of hydrogen-bond acceptors (Lipinski definition) is 4. The molecule has 0 aliphatic carbocycles. The Balaban J connectivity index is 2.14. The number of hydrogen-bond donors (Lipinski definition) is 1. The Morgan fingerprint density at radius 1 is 1.33 bits per heavy atom. The van der Waals surface area contributed by atoms with Crippen LogP contribution in [-0.2, 0) is 0 Å². The molecule has 0 bridgehead atoms. The maximum Gasteiger partial charge on any atom is 0.137 e.